The van der Waals surface area contributed by atoms with E-state index in [1.165, 1.54) is 12.3 Å². The number of pyridine rings is 1. The van der Waals surface area contributed by atoms with Gasteiger partial charge < -0.3 is 10.4 Å². The number of anilines is 1. The lowest BCUT2D eigenvalue weighted by molar-refractivity contribution is -0.383. The van der Waals surface area contributed by atoms with Gasteiger partial charge in [0.2, 0.25) is 0 Å². The monoisotopic (exact) mass is 275 g/mol. The van der Waals surface area contributed by atoms with Crippen LogP contribution >= 0.6 is 0 Å². The molecule has 106 valence electrons. The molecule has 0 saturated carbocycles. The van der Waals surface area contributed by atoms with Gasteiger partial charge >= 0.3 is 0 Å². The summed E-state index contributed by atoms with van der Waals surface area (Å²) in [6.45, 7) is 2.43. The Labute approximate surface area is 116 Å². The molecule has 6 nitrogen and oxygen atoms in total. The lowest BCUT2D eigenvalue weighted by Gasteiger charge is -2.13. The molecule has 2 N–H and O–H groups in total. The minimum Gasteiger partial charge on any atom is -0.391 e. The van der Waals surface area contributed by atoms with Crippen LogP contribution in [0.25, 0.3) is 10.8 Å². The number of hydrogen-bond acceptors (Lipinski definition) is 5. The Hall–Kier alpha value is -2.21. The first-order chi connectivity index (χ1) is 9.63. The van der Waals surface area contributed by atoms with Gasteiger partial charge in [0.05, 0.1) is 16.4 Å². The van der Waals surface area contributed by atoms with E-state index in [2.05, 4.69) is 10.3 Å². The van der Waals surface area contributed by atoms with E-state index in [-0.39, 0.29) is 5.69 Å². The maximum absolute atomic E-state index is 11.0. The molecule has 2 rings (SSSR count). The number of aliphatic hydroxyl groups excluding tert-OH is 1. The second-order valence-corrected chi connectivity index (χ2v) is 4.63. The number of hydrogen-bond donors (Lipinski definition) is 2. The molecule has 0 bridgehead atoms. The van der Waals surface area contributed by atoms with E-state index in [1.54, 1.807) is 18.3 Å². The Morgan fingerprint density at radius 2 is 2.20 bits per heavy atom. The number of nitrogens with one attached hydrogen (secondary N) is 1. The number of non-ortho nitro benzene ring substituents is 1. The van der Waals surface area contributed by atoms with Gasteiger partial charge in [-0.2, -0.15) is 0 Å². The fourth-order valence-corrected chi connectivity index (χ4v) is 2.15. The van der Waals surface area contributed by atoms with Crippen molar-refractivity contribution in [2.75, 3.05) is 11.9 Å². The quantitative estimate of drug-likeness (QED) is 0.625. The fourth-order valence-electron chi connectivity index (χ4n) is 2.15. The summed E-state index contributed by atoms with van der Waals surface area (Å²) in [6.07, 6.45) is 4.29. The highest BCUT2D eigenvalue weighted by molar-refractivity contribution is 5.99. The van der Waals surface area contributed by atoms with Gasteiger partial charge in [-0.25, -0.2) is 0 Å². The minimum atomic E-state index is -0.424. The number of nitro groups is 1. The molecule has 0 amide bonds. The number of fused-ring (bicyclic) bond motifs is 1. The summed E-state index contributed by atoms with van der Waals surface area (Å²) >= 11 is 0. The van der Waals surface area contributed by atoms with Crippen molar-refractivity contribution in [2.45, 2.75) is 25.9 Å². The average Bonchev–Trinajstić information content (AvgIpc) is 2.44. The highest BCUT2D eigenvalue weighted by atomic mass is 16.6. The zero-order chi connectivity index (χ0) is 14.5. The molecule has 20 heavy (non-hydrogen) atoms. The third kappa shape index (κ3) is 3.03. The van der Waals surface area contributed by atoms with Gasteiger partial charge in [0.1, 0.15) is 0 Å². The van der Waals surface area contributed by atoms with Gasteiger partial charge in [0.15, 0.2) is 0 Å². The van der Waals surface area contributed by atoms with Crippen LogP contribution < -0.4 is 5.32 Å². The molecule has 0 saturated heterocycles. The van der Waals surface area contributed by atoms with Crippen LogP contribution in [0.2, 0.25) is 0 Å². The van der Waals surface area contributed by atoms with Crippen molar-refractivity contribution in [3.8, 4) is 0 Å². The van der Waals surface area contributed by atoms with Crippen LogP contribution in [0.1, 0.15) is 19.8 Å². The molecular weight excluding hydrogens is 258 g/mol. The number of aliphatic hydroxyl groups is 1. The number of aromatic nitrogens is 1. The zero-order valence-corrected chi connectivity index (χ0v) is 11.2. The molecule has 1 heterocycles. The Bertz CT molecular complexity index is 616. The van der Waals surface area contributed by atoms with E-state index in [1.807, 2.05) is 6.92 Å². The summed E-state index contributed by atoms with van der Waals surface area (Å²) in [6, 6.07) is 4.86. The summed E-state index contributed by atoms with van der Waals surface area (Å²) < 4.78 is 0. The topological polar surface area (TPSA) is 88.3 Å². The Kier molecular flexibility index (Phi) is 4.47. The Balaban J connectivity index is 2.31. The highest BCUT2D eigenvalue weighted by Crippen LogP contribution is 2.30. The highest BCUT2D eigenvalue weighted by Gasteiger charge is 2.14. The van der Waals surface area contributed by atoms with Crippen molar-refractivity contribution < 1.29 is 10.0 Å². The lowest BCUT2D eigenvalue weighted by Crippen LogP contribution is -2.19. The van der Waals surface area contributed by atoms with E-state index in [0.29, 0.717) is 11.9 Å². The third-order valence-corrected chi connectivity index (χ3v) is 3.14. The number of nitrogens with zero attached hydrogens (tertiary/aromatic N) is 2. The lowest BCUT2D eigenvalue weighted by atomic mass is 10.1. The van der Waals surface area contributed by atoms with Crippen molar-refractivity contribution in [3.05, 3.63) is 40.7 Å². The van der Waals surface area contributed by atoms with Gasteiger partial charge in [-0.05, 0) is 18.6 Å². The van der Waals surface area contributed by atoms with Crippen molar-refractivity contribution >= 4 is 22.1 Å². The van der Waals surface area contributed by atoms with E-state index in [0.717, 1.165) is 23.9 Å². The molecule has 0 aliphatic rings. The van der Waals surface area contributed by atoms with Crippen LogP contribution in [0, 0.1) is 10.1 Å². The summed E-state index contributed by atoms with van der Waals surface area (Å²) in [4.78, 5) is 14.5. The van der Waals surface area contributed by atoms with Gasteiger partial charge in [0.25, 0.3) is 5.69 Å². The van der Waals surface area contributed by atoms with Crippen LogP contribution in [-0.4, -0.2) is 27.7 Å². The Morgan fingerprint density at radius 3 is 2.90 bits per heavy atom. The van der Waals surface area contributed by atoms with E-state index < -0.39 is 11.0 Å². The van der Waals surface area contributed by atoms with Crippen LogP contribution in [0.3, 0.4) is 0 Å². The number of nitro benzene ring substituents is 1. The molecule has 0 radical (unpaired) electrons. The van der Waals surface area contributed by atoms with Crippen LogP contribution in [0.5, 0.6) is 0 Å². The molecule has 0 fully saturated rings. The largest absolute Gasteiger partial charge is 0.391 e. The van der Waals surface area contributed by atoms with Crippen LogP contribution in [-0.2, 0) is 0 Å². The molecule has 1 unspecified atom stereocenters. The van der Waals surface area contributed by atoms with E-state index >= 15 is 0 Å². The van der Waals surface area contributed by atoms with Crippen molar-refractivity contribution in [3.63, 3.8) is 0 Å². The molecule has 1 aromatic heterocycles. The first kappa shape index (κ1) is 14.2. The van der Waals surface area contributed by atoms with Crippen LogP contribution in [0.4, 0.5) is 11.4 Å². The molecule has 6 heteroatoms. The third-order valence-electron chi connectivity index (χ3n) is 3.14. The normalized spacial score (nSPS) is 12.3. The van der Waals surface area contributed by atoms with Crippen molar-refractivity contribution in [2.24, 2.45) is 0 Å². The molecular formula is C14H17N3O3. The Morgan fingerprint density at radius 1 is 1.40 bits per heavy atom. The minimum absolute atomic E-state index is 0.0350. The van der Waals surface area contributed by atoms with E-state index in [9.17, 15) is 15.2 Å². The standard InChI is InChI=1S/C14H17N3O3/c1-2-3-10(18)8-16-13-4-5-14(17(19)20)12-9-15-7-6-11(12)13/h4-7,9-10,16,18H,2-3,8H2,1H3. The fraction of sp³-hybridized carbons (Fsp3) is 0.357. The van der Waals surface area contributed by atoms with Gasteiger partial charge in [0, 0.05) is 36.1 Å². The second kappa shape index (κ2) is 6.29. The second-order valence-electron chi connectivity index (χ2n) is 4.63. The number of benzene rings is 1. The van der Waals surface area contributed by atoms with Crippen molar-refractivity contribution in [1.29, 1.82) is 0 Å². The first-order valence-corrected chi connectivity index (χ1v) is 6.56. The molecule has 0 aliphatic carbocycles. The molecule has 1 aromatic carbocycles. The maximum atomic E-state index is 11.0. The molecule has 0 aliphatic heterocycles. The summed E-state index contributed by atoms with van der Waals surface area (Å²) in [5.41, 5.74) is 0.802. The van der Waals surface area contributed by atoms with Gasteiger partial charge in [-0.3, -0.25) is 15.1 Å². The number of rotatable bonds is 6. The van der Waals surface area contributed by atoms with Gasteiger partial charge in [-0.15, -0.1) is 0 Å². The predicted octanol–water partition coefficient (Wildman–Crippen LogP) is 2.72. The van der Waals surface area contributed by atoms with Crippen LogP contribution in [0.15, 0.2) is 30.6 Å². The maximum Gasteiger partial charge on any atom is 0.278 e. The molecule has 0 spiro atoms. The van der Waals surface area contributed by atoms with E-state index in [4.69, 9.17) is 0 Å². The zero-order valence-electron chi connectivity index (χ0n) is 11.2. The van der Waals surface area contributed by atoms with Gasteiger partial charge in [-0.1, -0.05) is 13.3 Å². The summed E-state index contributed by atoms with van der Waals surface area (Å²) in [5.74, 6) is 0. The van der Waals surface area contributed by atoms with Crippen molar-refractivity contribution in [1.82, 2.24) is 4.98 Å². The summed E-state index contributed by atoms with van der Waals surface area (Å²) in [7, 11) is 0. The first-order valence-electron chi connectivity index (χ1n) is 6.56. The molecule has 1 atom stereocenters. The predicted molar refractivity (Wildman–Crippen MR) is 77.8 cm³/mol. The smallest absolute Gasteiger partial charge is 0.278 e. The summed E-state index contributed by atoms with van der Waals surface area (Å²) in [5, 5.41) is 25.1. The SMILES string of the molecule is CCCC(O)CNc1ccc([N+](=O)[O-])c2cnccc12. The average molecular weight is 275 g/mol. The molecule has 2 aromatic rings.